The molecule has 1 aliphatic carbocycles. The predicted molar refractivity (Wildman–Crippen MR) is 114 cm³/mol. The van der Waals surface area contributed by atoms with Gasteiger partial charge in [0.05, 0.1) is 0 Å². The molecule has 0 spiro atoms. The minimum Gasteiger partial charge on any atom is -0.375 e. The lowest BCUT2D eigenvalue weighted by atomic mass is 10.0. The SMILES string of the molecule is COCC(=O)N1CCN(c2nc(C3CC3)nc(C)c2Cc2c(F)cccc2Cl)CC1. The number of benzene rings is 1. The van der Waals surface area contributed by atoms with Crippen LogP contribution in [-0.4, -0.2) is 60.7 Å². The van der Waals surface area contributed by atoms with Crippen molar-refractivity contribution in [3.63, 3.8) is 0 Å². The first-order chi connectivity index (χ1) is 14.5. The van der Waals surface area contributed by atoms with E-state index in [4.69, 9.17) is 26.3 Å². The molecule has 30 heavy (non-hydrogen) atoms. The average Bonchev–Trinajstić information content (AvgIpc) is 3.57. The molecule has 1 saturated heterocycles. The maximum Gasteiger partial charge on any atom is 0.248 e. The van der Waals surface area contributed by atoms with E-state index in [-0.39, 0.29) is 18.3 Å². The van der Waals surface area contributed by atoms with Crippen LogP contribution in [-0.2, 0) is 16.0 Å². The molecule has 1 aromatic carbocycles. The Morgan fingerprint density at radius 2 is 1.93 bits per heavy atom. The van der Waals surface area contributed by atoms with Crippen molar-refractivity contribution >= 4 is 23.3 Å². The van der Waals surface area contributed by atoms with Gasteiger partial charge in [0.1, 0.15) is 24.1 Å². The van der Waals surface area contributed by atoms with Crippen LogP contribution in [0.25, 0.3) is 0 Å². The van der Waals surface area contributed by atoms with Gasteiger partial charge < -0.3 is 14.5 Å². The molecular weight excluding hydrogens is 407 g/mol. The molecule has 160 valence electrons. The molecule has 0 N–H and O–H groups in total. The molecular formula is C22H26ClFN4O2. The summed E-state index contributed by atoms with van der Waals surface area (Å²) in [4.78, 5) is 25.8. The lowest BCUT2D eigenvalue weighted by Gasteiger charge is -2.36. The van der Waals surface area contributed by atoms with Crippen LogP contribution in [0.4, 0.5) is 10.2 Å². The van der Waals surface area contributed by atoms with E-state index in [1.807, 2.05) is 11.8 Å². The molecule has 1 saturated carbocycles. The zero-order valence-electron chi connectivity index (χ0n) is 17.3. The lowest BCUT2D eigenvalue weighted by molar-refractivity contribution is -0.135. The first-order valence-electron chi connectivity index (χ1n) is 10.3. The summed E-state index contributed by atoms with van der Waals surface area (Å²) in [6, 6.07) is 4.74. The van der Waals surface area contributed by atoms with Gasteiger partial charge in [-0.15, -0.1) is 0 Å². The second-order valence-corrected chi connectivity index (χ2v) is 8.33. The van der Waals surface area contributed by atoms with Crippen LogP contribution in [0.15, 0.2) is 18.2 Å². The van der Waals surface area contributed by atoms with E-state index in [1.54, 1.807) is 12.1 Å². The number of methoxy groups -OCH3 is 1. The molecule has 0 bridgehead atoms. The summed E-state index contributed by atoms with van der Waals surface area (Å²) < 4.78 is 19.4. The molecule has 4 rings (SSSR count). The third-order valence-corrected chi connectivity index (χ3v) is 6.12. The summed E-state index contributed by atoms with van der Waals surface area (Å²) in [6.45, 7) is 4.57. The van der Waals surface area contributed by atoms with Gasteiger partial charge in [0.2, 0.25) is 5.91 Å². The van der Waals surface area contributed by atoms with Crippen molar-refractivity contribution in [1.29, 1.82) is 0 Å². The summed E-state index contributed by atoms with van der Waals surface area (Å²) >= 11 is 6.29. The third-order valence-electron chi connectivity index (χ3n) is 5.77. The first-order valence-corrected chi connectivity index (χ1v) is 10.7. The smallest absolute Gasteiger partial charge is 0.248 e. The Bertz CT molecular complexity index is 923. The van der Waals surface area contributed by atoms with Crippen molar-refractivity contribution in [2.24, 2.45) is 0 Å². The van der Waals surface area contributed by atoms with Crippen molar-refractivity contribution in [2.45, 2.75) is 32.1 Å². The summed E-state index contributed by atoms with van der Waals surface area (Å²) in [5, 5.41) is 0.404. The van der Waals surface area contributed by atoms with Crippen LogP contribution >= 0.6 is 11.6 Å². The van der Waals surface area contributed by atoms with Crippen molar-refractivity contribution in [1.82, 2.24) is 14.9 Å². The van der Waals surface area contributed by atoms with Crippen molar-refractivity contribution in [2.75, 3.05) is 44.8 Å². The van der Waals surface area contributed by atoms with Gasteiger partial charge in [-0.25, -0.2) is 14.4 Å². The van der Waals surface area contributed by atoms with Crippen LogP contribution in [0.3, 0.4) is 0 Å². The Balaban J connectivity index is 1.64. The molecule has 8 heteroatoms. The van der Waals surface area contributed by atoms with Crippen LogP contribution in [0.2, 0.25) is 5.02 Å². The highest BCUT2D eigenvalue weighted by Gasteiger charge is 2.31. The molecule has 0 atom stereocenters. The topological polar surface area (TPSA) is 58.6 Å². The minimum absolute atomic E-state index is 0.00644. The Morgan fingerprint density at radius 1 is 1.20 bits per heavy atom. The molecule has 1 amide bonds. The van der Waals surface area contributed by atoms with Gasteiger partial charge in [0, 0.05) is 67.5 Å². The monoisotopic (exact) mass is 432 g/mol. The molecule has 2 heterocycles. The predicted octanol–water partition coefficient (Wildman–Crippen LogP) is 3.34. The number of anilines is 1. The van der Waals surface area contributed by atoms with Gasteiger partial charge in [0.25, 0.3) is 0 Å². The van der Waals surface area contributed by atoms with E-state index in [0.29, 0.717) is 49.1 Å². The highest BCUT2D eigenvalue weighted by atomic mass is 35.5. The Hall–Kier alpha value is -2.25. The van der Waals surface area contributed by atoms with E-state index in [1.165, 1.54) is 13.2 Å². The summed E-state index contributed by atoms with van der Waals surface area (Å²) in [5.74, 6) is 1.78. The fourth-order valence-electron chi connectivity index (χ4n) is 3.86. The molecule has 0 radical (unpaired) electrons. The zero-order valence-corrected chi connectivity index (χ0v) is 18.1. The van der Waals surface area contributed by atoms with Crippen molar-refractivity contribution < 1.29 is 13.9 Å². The van der Waals surface area contributed by atoms with Gasteiger partial charge in [-0.3, -0.25) is 4.79 Å². The highest BCUT2D eigenvalue weighted by molar-refractivity contribution is 6.31. The van der Waals surface area contributed by atoms with Gasteiger partial charge >= 0.3 is 0 Å². The van der Waals surface area contributed by atoms with Gasteiger partial charge in [-0.1, -0.05) is 17.7 Å². The van der Waals surface area contributed by atoms with Crippen LogP contribution in [0.5, 0.6) is 0 Å². The quantitative estimate of drug-likeness (QED) is 0.700. The standard InChI is InChI=1S/C22H26ClFN4O2/c1-14-16(12-17-18(23)4-3-5-19(17)24)22(26-21(25-14)15-6-7-15)28-10-8-27(9-11-28)20(29)13-30-2/h3-5,15H,6-13H2,1-2H3. The number of amides is 1. The number of aromatic nitrogens is 2. The summed E-state index contributed by atoms with van der Waals surface area (Å²) in [7, 11) is 1.53. The van der Waals surface area contributed by atoms with Crippen molar-refractivity contribution in [3.05, 3.63) is 51.7 Å². The minimum atomic E-state index is -0.325. The number of piperazine rings is 1. The third kappa shape index (κ3) is 4.42. The molecule has 2 aromatic rings. The first kappa shape index (κ1) is 21.0. The lowest BCUT2D eigenvalue weighted by Crippen LogP contribution is -2.50. The number of nitrogens with zero attached hydrogens (tertiary/aromatic N) is 4. The Morgan fingerprint density at radius 3 is 2.57 bits per heavy atom. The van der Waals surface area contributed by atoms with E-state index in [0.717, 1.165) is 35.7 Å². The van der Waals surface area contributed by atoms with Gasteiger partial charge in [-0.2, -0.15) is 0 Å². The van der Waals surface area contributed by atoms with E-state index < -0.39 is 0 Å². The zero-order chi connectivity index (χ0) is 21.3. The van der Waals surface area contributed by atoms with Gasteiger partial charge in [0.15, 0.2) is 0 Å². The normalized spacial score (nSPS) is 16.8. The van der Waals surface area contributed by atoms with Crippen LogP contribution in [0.1, 0.15) is 41.4 Å². The molecule has 6 nitrogen and oxygen atoms in total. The average molecular weight is 433 g/mol. The van der Waals surface area contributed by atoms with Crippen LogP contribution < -0.4 is 4.90 Å². The largest absolute Gasteiger partial charge is 0.375 e. The fourth-order valence-corrected chi connectivity index (χ4v) is 4.08. The van der Waals surface area contributed by atoms with Crippen molar-refractivity contribution in [3.8, 4) is 0 Å². The maximum absolute atomic E-state index is 14.5. The second kappa shape index (κ2) is 8.86. The fraction of sp³-hybridized carbons (Fsp3) is 0.500. The number of carbonyl (C=O) groups is 1. The van der Waals surface area contributed by atoms with Gasteiger partial charge in [-0.05, 0) is 31.9 Å². The maximum atomic E-state index is 14.5. The molecule has 1 aromatic heterocycles. The number of rotatable bonds is 6. The summed E-state index contributed by atoms with van der Waals surface area (Å²) in [5.41, 5.74) is 2.21. The number of carbonyl (C=O) groups excluding carboxylic acids is 1. The molecule has 0 unspecified atom stereocenters. The number of halogens is 2. The number of ether oxygens (including phenoxy) is 1. The number of hydrogen-bond acceptors (Lipinski definition) is 5. The van der Waals surface area contributed by atoms with E-state index in [2.05, 4.69) is 4.90 Å². The molecule has 1 aliphatic heterocycles. The second-order valence-electron chi connectivity index (χ2n) is 7.92. The molecule has 2 fully saturated rings. The Kier molecular flexibility index (Phi) is 6.20. The highest BCUT2D eigenvalue weighted by Crippen LogP contribution is 2.40. The number of hydrogen-bond donors (Lipinski definition) is 0. The van der Waals surface area contributed by atoms with E-state index >= 15 is 0 Å². The van der Waals surface area contributed by atoms with Crippen LogP contribution in [0, 0.1) is 12.7 Å². The molecule has 2 aliphatic rings. The van der Waals surface area contributed by atoms with E-state index in [9.17, 15) is 9.18 Å². The summed E-state index contributed by atoms with van der Waals surface area (Å²) in [6.07, 6.45) is 2.55. The number of aryl methyl sites for hydroxylation is 1. The Labute approximate surface area is 181 Å².